The molecule has 4 nitrogen and oxygen atoms in total. The summed E-state index contributed by atoms with van der Waals surface area (Å²) in [5.41, 5.74) is 8.04. The zero-order valence-corrected chi connectivity index (χ0v) is 10.6. The molecule has 2 N–H and O–H groups in total. The van der Waals surface area contributed by atoms with Gasteiger partial charge in [-0.3, -0.25) is 15.2 Å². The normalized spacial score (nSPS) is 10.9. The van der Waals surface area contributed by atoms with Gasteiger partial charge in [0, 0.05) is 18.6 Å². The first-order valence-corrected chi connectivity index (χ1v) is 5.95. The van der Waals surface area contributed by atoms with Crippen LogP contribution in [0.5, 0.6) is 0 Å². The van der Waals surface area contributed by atoms with Gasteiger partial charge < -0.3 is 5.43 Å². The standard InChI is InChI=1S/C15H15N3O/c1-12(13-6-3-2-4-7-13)10-17-18-15(19)14-8-5-9-16-11-14/h2-11,17H,1H3,(H,18,19). The monoisotopic (exact) mass is 253 g/mol. The van der Waals surface area contributed by atoms with Crippen LogP contribution in [0, 0.1) is 0 Å². The summed E-state index contributed by atoms with van der Waals surface area (Å²) < 4.78 is 0. The van der Waals surface area contributed by atoms with Gasteiger partial charge in [-0.15, -0.1) is 0 Å². The maximum Gasteiger partial charge on any atom is 0.271 e. The smallest absolute Gasteiger partial charge is 0.271 e. The van der Waals surface area contributed by atoms with Crippen molar-refractivity contribution in [3.05, 3.63) is 72.2 Å². The molecule has 1 aromatic heterocycles. The number of aromatic nitrogens is 1. The summed E-state index contributed by atoms with van der Waals surface area (Å²) in [5.74, 6) is -0.217. The van der Waals surface area contributed by atoms with Gasteiger partial charge in [-0.2, -0.15) is 0 Å². The lowest BCUT2D eigenvalue weighted by molar-refractivity contribution is 0.0940. The van der Waals surface area contributed by atoms with Crippen LogP contribution in [-0.2, 0) is 0 Å². The van der Waals surface area contributed by atoms with E-state index in [-0.39, 0.29) is 5.91 Å². The molecular weight excluding hydrogens is 238 g/mol. The number of hydrogen-bond donors (Lipinski definition) is 2. The fraction of sp³-hybridized carbons (Fsp3) is 0.0667. The molecule has 1 aromatic carbocycles. The van der Waals surface area contributed by atoms with Crippen LogP contribution in [0.25, 0.3) is 5.57 Å². The van der Waals surface area contributed by atoms with Crippen LogP contribution in [0.4, 0.5) is 0 Å². The molecule has 0 fully saturated rings. The summed E-state index contributed by atoms with van der Waals surface area (Å²) in [6.45, 7) is 1.97. The lowest BCUT2D eigenvalue weighted by Crippen LogP contribution is -2.33. The molecule has 0 spiro atoms. The van der Waals surface area contributed by atoms with Crippen LogP contribution in [-0.4, -0.2) is 10.9 Å². The third-order valence-electron chi connectivity index (χ3n) is 2.63. The van der Waals surface area contributed by atoms with Gasteiger partial charge in [0.15, 0.2) is 0 Å². The van der Waals surface area contributed by atoms with Gasteiger partial charge in [0.05, 0.1) is 5.56 Å². The number of pyridine rings is 1. The topological polar surface area (TPSA) is 54.0 Å². The van der Waals surface area contributed by atoms with Gasteiger partial charge in [0.2, 0.25) is 0 Å². The molecule has 2 aromatic rings. The number of hydrogen-bond acceptors (Lipinski definition) is 3. The third-order valence-corrected chi connectivity index (χ3v) is 2.63. The van der Waals surface area contributed by atoms with E-state index in [4.69, 9.17) is 0 Å². The van der Waals surface area contributed by atoms with Crippen molar-refractivity contribution < 1.29 is 4.79 Å². The Morgan fingerprint density at radius 1 is 1.11 bits per heavy atom. The van der Waals surface area contributed by atoms with Crippen molar-refractivity contribution in [3.8, 4) is 0 Å². The second-order valence-corrected chi connectivity index (χ2v) is 4.03. The molecule has 0 aliphatic heterocycles. The second-order valence-electron chi connectivity index (χ2n) is 4.03. The Morgan fingerprint density at radius 2 is 1.84 bits per heavy atom. The lowest BCUT2D eigenvalue weighted by atomic mass is 10.1. The fourth-order valence-corrected chi connectivity index (χ4v) is 1.56. The van der Waals surface area contributed by atoms with E-state index < -0.39 is 0 Å². The largest absolute Gasteiger partial charge is 0.305 e. The highest BCUT2D eigenvalue weighted by Crippen LogP contribution is 2.10. The number of allylic oxidation sites excluding steroid dienone is 1. The molecule has 0 saturated carbocycles. The highest BCUT2D eigenvalue weighted by atomic mass is 16.2. The average molecular weight is 253 g/mol. The molecule has 0 unspecified atom stereocenters. The predicted octanol–water partition coefficient (Wildman–Crippen LogP) is 2.38. The van der Waals surface area contributed by atoms with E-state index in [1.807, 2.05) is 37.3 Å². The second kappa shape index (κ2) is 6.35. The van der Waals surface area contributed by atoms with Gasteiger partial charge in [0.25, 0.3) is 5.91 Å². The number of nitrogens with zero attached hydrogens (tertiary/aromatic N) is 1. The predicted molar refractivity (Wildman–Crippen MR) is 74.9 cm³/mol. The summed E-state index contributed by atoms with van der Waals surface area (Å²) in [6, 6.07) is 13.4. The van der Waals surface area contributed by atoms with E-state index >= 15 is 0 Å². The number of hydrazine groups is 1. The molecule has 1 heterocycles. The number of rotatable bonds is 4. The molecule has 0 bridgehead atoms. The number of nitrogens with one attached hydrogen (secondary N) is 2. The van der Waals surface area contributed by atoms with Gasteiger partial charge in [-0.05, 0) is 30.2 Å². The SMILES string of the molecule is CC(=CNNC(=O)c1cccnc1)c1ccccc1. The van der Waals surface area contributed by atoms with Gasteiger partial charge >= 0.3 is 0 Å². The first-order chi connectivity index (χ1) is 9.27. The van der Waals surface area contributed by atoms with Crippen molar-refractivity contribution in [1.82, 2.24) is 15.8 Å². The van der Waals surface area contributed by atoms with E-state index in [0.29, 0.717) is 5.56 Å². The molecule has 4 heteroatoms. The molecule has 96 valence electrons. The van der Waals surface area contributed by atoms with Crippen molar-refractivity contribution in [2.75, 3.05) is 0 Å². The van der Waals surface area contributed by atoms with Crippen LogP contribution in [0.2, 0.25) is 0 Å². The Bertz CT molecular complexity index is 564. The first-order valence-electron chi connectivity index (χ1n) is 5.95. The van der Waals surface area contributed by atoms with Crippen molar-refractivity contribution in [2.45, 2.75) is 6.92 Å². The molecule has 0 radical (unpaired) electrons. The van der Waals surface area contributed by atoms with Crippen LogP contribution in [0.15, 0.2) is 61.1 Å². The molecule has 0 aliphatic rings. The van der Waals surface area contributed by atoms with E-state index in [2.05, 4.69) is 15.8 Å². The Morgan fingerprint density at radius 3 is 2.53 bits per heavy atom. The number of carbonyl (C=O) groups is 1. The number of carbonyl (C=O) groups excluding carboxylic acids is 1. The lowest BCUT2D eigenvalue weighted by Gasteiger charge is -2.06. The molecule has 19 heavy (non-hydrogen) atoms. The van der Waals surface area contributed by atoms with Crippen molar-refractivity contribution in [1.29, 1.82) is 0 Å². The van der Waals surface area contributed by atoms with E-state index in [1.54, 1.807) is 24.5 Å². The zero-order valence-electron chi connectivity index (χ0n) is 10.6. The fourth-order valence-electron chi connectivity index (χ4n) is 1.56. The quantitative estimate of drug-likeness (QED) is 0.822. The minimum atomic E-state index is -0.217. The highest BCUT2D eigenvalue weighted by Gasteiger charge is 2.02. The van der Waals surface area contributed by atoms with E-state index in [9.17, 15) is 4.79 Å². The highest BCUT2D eigenvalue weighted by molar-refractivity contribution is 5.93. The number of benzene rings is 1. The maximum absolute atomic E-state index is 11.7. The zero-order chi connectivity index (χ0) is 13.5. The van der Waals surface area contributed by atoms with Crippen LogP contribution in [0.1, 0.15) is 22.8 Å². The van der Waals surface area contributed by atoms with Crippen LogP contribution >= 0.6 is 0 Å². The summed E-state index contributed by atoms with van der Waals surface area (Å²) in [5, 5.41) is 0. The van der Waals surface area contributed by atoms with Crippen molar-refractivity contribution in [2.24, 2.45) is 0 Å². The minimum absolute atomic E-state index is 0.217. The Balaban J connectivity index is 1.92. The molecular formula is C15H15N3O. The Hall–Kier alpha value is -2.62. The van der Waals surface area contributed by atoms with Crippen LogP contribution in [0.3, 0.4) is 0 Å². The summed E-state index contributed by atoms with van der Waals surface area (Å²) in [4.78, 5) is 15.6. The summed E-state index contributed by atoms with van der Waals surface area (Å²) in [6.07, 6.45) is 4.90. The number of amides is 1. The summed E-state index contributed by atoms with van der Waals surface area (Å²) in [7, 11) is 0. The molecule has 1 amide bonds. The van der Waals surface area contributed by atoms with Crippen molar-refractivity contribution in [3.63, 3.8) is 0 Å². The van der Waals surface area contributed by atoms with E-state index in [0.717, 1.165) is 11.1 Å². The van der Waals surface area contributed by atoms with E-state index in [1.165, 1.54) is 6.20 Å². The molecule has 2 rings (SSSR count). The Kier molecular flexibility index (Phi) is 4.29. The molecule has 0 aliphatic carbocycles. The van der Waals surface area contributed by atoms with Gasteiger partial charge in [0.1, 0.15) is 0 Å². The van der Waals surface area contributed by atoms with Gasteiger partial charge in [-0.25, -0.2) is 0 Å². The average Bonchev–Trinajstić information content (AvgIpc) is 2.49. The van der Waals surface area contributed by atoms with Crippen molar-refractivity contribution >= 4 is 11.5 Å². The summed E-state index contributed by atoms with van der Waals surface area (Å²) >= 11 is 0. The maximum atomic E-state index is 11.7. The van der Waals surface area contributed by atoms with Crippen LogP contribution < -0.4 is 10.9 Å². The molecule has 0 atom stereocenters. The third kappa shape index (κ3) is 3.67. The molecule has 0 saturated heterocycles. The first kappa shape index (κ1) is 12.8. The minimum Gasteiger partial charge on any atom is -0.305 e. The van der Waals surface area contributed by atoms with Gasteiger partial charge in [-0.1, -0.05) is 30.3 Å². The Labute approximate surface area is 112 Å².